The normalized spacial score (nSPS) is 45.6. The summed E-state index contributed by atoms with van der Waals surface area (Å²) >= 11 is 0. The van der Waals surface area contributed by atoms with Crippen molar-refractivity contribution in [1.82, 2.24) is 0 Å². The van der Waals surface area contributed by atoms with Crippen LogP contribution < -0.4 is 0 Å². The lowest BCUT2D eigenvalue weighted by atomic mass is 9.67. The fourth-order valence-corrected chi connectivity index (χ4v) is 7.88. The molecule has 4 fully saturated rings. The van der Waals surface area contributed by atoms with E-state index >= 15 is 0 Å². The monoisotopic (exact) mass is 386 g/mol. The van der Waals surface area contributed by atoms with Gasteiger partial charge in [0.1, 0.15) is 0 Å². The Bertz CT molecular complexity index is 379. The molecule has 0 aromatic carbocycles. The third-order valence-corrected chi connectivity index (χ3v) is 10.2. The van der Waals surface area contributed by atoms with Crippen molar-refractivity contribution in [3.05, 3.63) is 0 Å². The Hall–Kier alpha value is 0. The highest BCUT2D eigenvalue weighted by atomic mass is 14.4. The molecule has 4 saturated carbocycles. The van der Waals surface area contributed by atoms with Gasteiger partial charge < -0.3 is 0 Å². The Morgan fingerprint density at radius 2 is 0.607 bits per heavy atom. The third-order valence-electron chi connectivity index (χ3n) is 10.2. The number of hydrogen-bond donors (Lipinski definition) is 0. The lowest BCUT2D eigenvalue weighted by molar-refractivity contribution is 0.131. The Balaban J connectivity index is 1.09. The molecule has 0 heteroatoms. The van der Waals surface area contributed by atoms with Gasteiger partial charge in [-0.3, -0.25) is 0 Å². The molecule has 0 heterocycles. The number of rotatable bonds is 5. The minimum absolute atomic E-state index is 1.02. The summed E-state index contributed by atoms with van der Waals surface area (Å²) in [6.07, 6.45) is 28.1. The van der Waals surface area contributed by atoms with Crippen molar-refractivity contribution in [2.75, 3.05) is 0 Å². The molecular formula is C28H50. The van der Waals surface area contributed by atoms with Crippen molar-refractivity contribution >= 4 is 0 Å². The first kappa shape index (κ1) is 21.2. The maximum Gasteiger partial charge on any atom is -0.0386 e. The highest BCUT2D eigenvalue weighted by molar-refractivity contribution is 4.84. The second-order valence-electron chi connectivity index (χ2n) is 12.2. The van der Waals surface area contributed by atoms with Crippen LogP contribution in [-0.4, -0.2) is 0 Å². The van der Waals surface area contributed by atoms with Gasteiger partial charge in [0.25, 0.3) is 0 Å². The Morgan fingerprint density at radius 3 is 0.893 bits per heavy atom. The Morgan fingerprint density at radius 1 is 0.357 bits per heavy atom. The van der Waals surface area contributed by atoms with Crippen molar-refractivity contribution in [3.8, 4) is 0 Å². The van der Waals surface area contributed by atoms with E-state index in [1.165, 1.54) is 25.7 Å². The fraction of sp³-hybridized carbons (Fsp3) is 1.00. The molecule has 4 rings (SSSR count). The number of hydrogen-bond acceptors (Lipinski definition) is 0. The van der Waals surface area contributed by atoms with E-state index in [1.54, 1.807) is 89.9 Å². The van der Waals surface area contributed by atoms with Crippen molar-refractivity contribution in [1.29, 1.82) is 0 Å². The van der Waals surface area contributed by atoms with E-state index in [0.717, 1.165) is 47.3 Å². The highest BCUT2D eigenvalue weighted by Gasteiger charge is 2.32. The molecule has 0 saturated heterocycles. The van der Waals surface area contributed by atoms with Crippen LogP contribution in [0.5, 0.6) is 0 Å². The maximum absolute atomic E-state index is 2.47. The summed E-state index contributed by atoms with van der Waals surface area (Å²) in [5, 5.41) is 0. The fourth-order valence-electron chi connectivity index (χ4n) is 7.88. The van der Waals surface area contributed by atoms with E-state index in [4.69, 9.17) is 0 Å². The zero-order valence-electron chi connectivity index (χ0n) is 19.3. The zero-order valence-corrected chi connectivity index (χ0v) is 19.3. The first-order chi connectivity index (χ1) is 13.7. The lowest BCUT2D eigenvalue weighted by Gasteiger charge is -2.39. The van der Waals surface area contributed by atoms with Gasteiger partial charge in [0.05, 0.1) is 0 Å². The summed E-state index contributed by atoms with van der Waals surface area (Å²) in [6.45, 7) is 4.94. The summed E-state index contributed by atoms with van der Waals surface area (Å²) in [6, 6.07) is 0. The van der Waals surface area contributed by atoms with Crippen LogP contribution in [0.2, 0.25) is 0 Å². The molecule has 0 unspecified atom stereocenters. The minimum atomic E-state index is 1.02. The summed E-state index contributed by atoms with van der Waals surface area (Å²) in [7, 11) is 0. The van der Waals surface area contributed by atoms with Crippen LogP contribution >= 0.6 is 0 Å². The van der Waals surface area contributed by atoms with Gasteiger partial charge >= 0.3 is 0 Å². The molecule has 0 nitrogen and oxygen atoms in total. The van der Waals surface area contributed by atoms with Crippen LogP contribution in [0.1, 0.15) is 129 Å². The summed E-state index contributed by atoms with van der Waals surface area (Å²) in [5.41, 5.74) is 0. The predicted octanol–water partition coefficient (Wildman–Crippen LogP) is 9.03. The SMILES string of the molecule is CC1CCC(C2CCC(CCC3CCC(C4CCC(C)CC4)CC3)CC2)CC1. The maximum atomic E-state index is 2.47. The molecule has 4 aliphatic carbocycles. The van der Waals surface area contributed by atoms with Gasteiger partial charge in [0, 0.05) is 0 Å². The van der Waals surface area contributed by atoms with E-state index in [-0.39, 0.29) is 0 Å². The first-order valence-corrected chi connectivity index (χ1v) is 13.7. The van der Waals surface area contributed by atoms with E-state index < -0.39 is 0 Å². The van der Waals surface area contributed by atoms with Crippen LogP contribution in [0.3, 0.4) is 0 Å². The molecule has 0 amide bonds. The van der Waals surface area contributed by atoms with E-state index in [9.17, 15) is 0 Å². The average Bonchev–Trinajstić information content (AvgIpc) is 2.74. The van der Waals surface area contributed by atoms with Gasteiger partial charge in [-0.05, 0) is 98.7 Å². The first-order valence-electron chi connectivity index (χ1n) is 13.7. The van der Waals surface area contributed by atoms with Gasteiger partial charge in [-0.1, -0.05) is 78.1 Å². The van der Waals surface area contributed by atoms with Crippen LogP contribution in [-0.2, 0) is 0 Å². The predicted molar refractivity (Wildman–Crippen MR) is 122 cm³/mol. The molecule has 0 aliphatic heterocycles. The van der Waals surface area contributed by atoms with E-state index in [2.05, 4.69) is 13.8 Å². The molecule has 0 aromatic heterocycles. The van der Waals surface area contributed by atoms with E-state index in [0.29, 0.717) is 0 Å². The molecule has 0 aromatic rings. The summed E-state index contributed by atoms with van der Waals surface area (Å²) in [4.78, 5) is 0. The zero-order chi connectivity index (χ0) is 19.3. The van der Waals surface area contributed by atoms with Crippen molar-refractivity contribution in [2.45, 2.75) is 129 Å². The van der Waals surface area contributed by atoms with Gasteiger partial charge in [0.15, 0.2) is 0 Å². The second kappa shape index (κ2) is 10.3. The standard InChI is InChI=1S/C28H50/c1-21-3-13-25(14-4-21)27-17-9-23(10-18-27)7-8-24-11-19-28(20-12-24)26-15-5-22(2)6-16-26/h21-28H,3-20H2,1-2H3. The lowest BCUT2D eigenvalue weighted by Crippen LogP contribution is -2.26. The summed E-state index contributed by atoms with van der Waals surface area (Å²) in [5.74, 6) is 8.65. The third kappa shape index (κ3) is 5.78. The topological polar surface area (TPSA) is 0 Å². The van der Waals surface area contributed by atoms with E-state index in [1.807, 2.05) is 0 Å². The molecule has 0 atom stereocenters. The molecule has 162 valence electrons. The molecule has 0 bridgehead atoms. The molecule has 4 aliphatic rings. The molecule has 28 heavy (non-hydrogen) atoms. The highest BCUT2D eigenvalue weighted by Crippen LogP contribution is 2.45. The van der Waals surface area contributed by atoms with Gasteiger partial charge in [-0.15, -0.1) is 0 Å². The molecule has 0 N–H and O–H groups in total. The van der Waals surface area contributed by atoms with Crippen molar-refractivity contribution < 1.29 is 0 Å². The van der Waals surface area contributed by atoms with Crippen LogP contribution in [0.15, 0.2) is 0 Å². The smallest absolute Gasteiger partial charge is 0.0386 e. The molecule has 0 radical (unpaired) electrons. The molecule has 0 spiro atoms. The van der Waals surface area contributed by atoms with Gasteiger partial charge in [-0.2, -0.15) is 0 Å². The van der Waals surface area contributed by atoms with Crippen molar-refractivity contribution in [2.24, 2.45) is 47.3 Å². The van der Waals surface area contributed by atoms with Gasteiger partial charge in [-0.25, -0.2) is 0 Å². The summed E-state index contributed by atoms with van der Waals surface area (Å²) < 4.78 is 0. The van der Waals surface area contributed by atoms with Crippen LogP contribution in [0.25, 0.3) is 0 Å². The quantitative estimate of drug-likeness (QED) is 0.442. The molecular weight excluding hydrogens is 336 g/mol. The largest absolute Gasteiger partial charge is 0.0625 e. The minimum Gasteiger partial charge on any atom is -0.0625 e. The van der Waals surface area contributed by atoms with Crippen LogP contribution in [0.4, 0.5) is 0 Å². The van der Waals surface area contributed by atoms with Crippen molar-refractivity contribution in [3.63, 3.8) is 0 Å². The average molecular weight is 387 g/mol. The van der Waals surface area contributed by atoms with Gasteiger partial charge in [0.2, 0.25) is 0 Å². The second-order valence-corrected chi connectivity index (χ2v) is 12.2. The van der Waals surface area contributed by atoms with Crippen LogP contribution in [0, 0.1) is 47.3 Å². The Kier molecular flexibility index (Phi) is 7.85. The Labute approximate surface area is 177 Å².